The van der Waals surface area contributed by atoms with Crippen molar-refractivity contribution in [1.82, 2.24) is 0 Å². The zero-order chi connectivity index (χ0) is 24.7. The van der Waals surface area contributed by atoms with E-state index in [1.165, 1.54) is 0 Å². The van der Waals surface area contributed by atoms with Crippen LogP contribution in [-0.2, 0) is 26.0 Å². The smallest absolute Gasteiger partial charge is 0.317 e. The van der Waals surface area contributed by atoms with Crippen LogP contribution < -0.4 is 0 Å². The highest BCUT2D eigenvalue weighted by Gasteiger charge is 2.52. The molecule has 0 aromatic carbocycles. The number of carbonyl (C=O) groups excluding carboxylic acids is 1. The van der Waals surface area contributed by atoms with E-state index >= 15 is 0 Å². The molecule has 1 rings (SSSR count). The standard InChI is InChI=1S/C22H44O6Si4/c1-11-16-22(17-12-2,18-13-3)20-24-21(23)15-14-19-32(10)27-30(6,7)25-29(4,5)26-31(8,9)28-32/h11-13H,1-3,14-20H2,4-10H3. The Morgan fingerprint density at radius 3 is 1.59 bits per heavy atom. The van der Waals surface area contributed by atoms with Crippen LogP contribution in [0.1, 0.15) is 32.1 Å². The lowest BCUT2D eigenvalue weighted by Crippen LogP contribution is -2.65. The Bertz CT molecular complexity index is 629. The summed E-state index contributed by atoms with van der Waals surface area (Å²) in [5.41, 5.74) is -0.218. The van der Waals surface area contributed by atoms with Gasteiger partial charge in [-0.1, -0.05) is 18.2 Å². The van der Waals surface area contributed by atoms with Gasteiger partial charge in [0.15, 0.2) is 0 Å². The van der Waals surface area contributed by atoms with E-state index in [4.69, 9.17) is 21.2 Å². The molecule has 0 aromatic heterocycles. The summed E-state index contributed by atoms with van der Waals surface area (Å²) in [4.78, 5) is 12.5. The molecular weight excluding hydrogens is 473 g/mol. The van der Waals surface area contributed by atoms with Crippen LogP contribution in [0.5, 0.6) is 0 Å². The van der Waals surface area contributed by atoms with E-state index in [1.54, 1.807) is 0 Å². The molecule has 184 valence electrons. The summed E-state index contributed by atoms with van der Waals surface area (Å²) >= 11 is 0. The van der Waals surface area contributed by atoms with Crippen LogP contribution in [0.2, 0.25) is 51.9 Å². The van der Waals surface area contributed by atoms with Crippen LogP contribution in [0.25, 0.3) is 0 Å². The van der Waals surface area contributed by atoms with Gasteiger partial charge in [-0.25, -0.2) is 0 Å². The van der Waals surface area contributed by atoms with Crippen molar-refractivity contribution in [3.05, 3.63) is 38.0 Å². The highest BCUT2D eigenvalue weighted by atomic mass is 28.5. The largest absolute Gasteiger partial charge is 0.465 e. The van der Waals surface area contributed by atoms with Gasteiger partial charge in [0.05, 0.1) is 6.61 Å². The number of allylic oxidation sites excluding steroid dienone is 3. The summed E-state index contributed by atoms with van der Waals surface area (Å²) < 4.78 is 31.6. The first-order valence-electron chi connectivity index (χ1n) is 11.4. The first-order valence-corrected chi connectivity index (χ1v) is 22.4. The van der Waals surface area contributed by atoms with Crippen LogP contribution in [0.3, 0.4) is 0 Å². The molecule has 0 spiro atoms. The Hall–Kier alpha value is -0.602. The number of hydrogen-bond acceptors (Lipinski definition) is 6. The maximum Gasteiger partial charge on any atom is 0.317 e. The van der Waals surface area contributed by atoms with E-state index in [0.29, 0.717) is 25.5 Å². The maximum absolute atomic E-state index is 12.5. The lowest BCUT2D eigenvalue weighted by atomic mass is 9.79. The fraction of sp³-hybridized carbons (Fsp3) is 0.682. The summed E-state index contributed by atoms with van der Waals surface area (Å²) in [6.45, 7) is 26.2. The number of rotatable bonds is 12. The summed E-state index contributed by atoms with van der Waals surface area (Å²) in [5.74, 6) is -0.205. The van der Waals surface area contributed by atoms with Crippen molar-refractivity contribution in [2.24, 2.45) is 5.41 Å². The number of esters is 1. The Morgan fingerprint density at radius 1 is 0.781 bits per heavy atom. The van der Waals surface area contributed by atoms with E-state index in [-0.39, 0.29) is 11.4 Å². The molecule has 10 heteroatoms. The molecule has 1 heterocycles. The minimum Gasteiger partial charge on any atom is -0.465 e. The molecule has 0 aromatic rings. The third-order valence-corrected chi connectivity index (χ3v) is 21.7. The molecule has 0 aliphatic carbocycles. The second-order valence-corrected chi connectivity index (χ2v) is 24.7. The van der Waals surface area contributed by atoms with Gasteiger partial charge in [0, 0.05) is 11.8 Å². The number of carbonyl (C=O) groups is 1. The van der Waals surface area contributed by atoms with Gasteiger partial charge in [0.1, 0.15) is 0 Å². The Morgan fingerprint density at radius 2 is 1.19 bits per heavy atom. The molecule has 0 amide bonds. The van der Waals surface area contributed by atoms with Crippen LogP contribution in [0, 0.1) is 5.41 Å². The Balaban J connectivity index is 2.73. The lowest BCUT2D eigenvalue weighted by Gasteiger charge is -2.47. The van der Waals surface area contributed by atoms with Crippen molar-refractivity contribution in [1.29, 1.82) is 0 Å². The normalized spacial score (nSPS) is 21.6. The fourth-order valence-corrected chi connectivity index (χ4v) is 26.2. The van der Waals surface area contributed by atoms with E-state index in [2.05, 4.69) is 39.4 Å². The quantitative estimate of drug-likeness (QED) is 0.173. The molecule has 32 heavy (non-hydrogen) atoms. The van der Waals surface area contributed by atoms with Crippen molar-refractivity contribution in [3.63, 3.8) is 0 Å². The molecule has 1 aliphatic heterocycles. The summed E-state index contributed by atoms with van der Waals surface area (Å²) in [7, 11) is -9.67. The Labute approximate surface area is 200 Å². The van der Waals surface area contributed by atoms with Crippen LogP contribution >= 0.6 is 0 Å². The molecule has 0 radical (unpaired) electrons. The van der Waals surface area contributed by atoms with E-state index in [0.717, 1.165) is 19.3 Å². The highest BCUT2D eigenvalue weighted by molar-refractivity contribution is 6.93. The average Bonchev–Trinajstić information content (AvgIpc) is 2.56. The third kappa shape index (κ3) is 10.1. The van der Waals surface area contributed by atoms with Crippen LogP contribution in [0.4, 0.5) is 0 Å². The molecule has 0 bridgehead atoms. The molecule has 0 N–H and O–H groups in total. The number of ether oxygens (including phenoxy) is 1. The van der Waals surface area contributed by atoms with E-state index in [1.807, 2.05) is 44.4 Å². The fourth-order valence-electron chi connectivity index (χ4n) is 4.61. The molecule has 6 nitrogen and oxygen atoms in total. The summed E-state index contributed by atoms with van der Waals surface area (Å²) in [5, 5.41) is 0. The molecule has 0 atom stereocenters. The van der Waals surface area contributed by atoms with Gasteiger partial charge < -0.3 is 21.2 Å². The summed E-state index contributed by atoms with van der Waals surface area (Å²) in [6.07, 6.45) is 8.78. The third-order valence-electron chi connectivity index (χ3n) is 5.19. The van der Waals surface area contributed by atoms with Crippen molar-refractivity contribution < 1.29 is 26.0 Å². The van der Waals surface area contributed by atoms with Gasteiger partial charge in [0.25, 0.3) is 0 Å². The second kappa shape index (κ2) is 11.7. The topological polar surface area (TPSA) is 63.2 Å². The van der Waals surface area contributed by atoms with E-state index in [9.17, 15) is 4.79 Å². The minimum atomic E-state index is -2.57. The van der Waals surface area contributed by atoms with Crippen molar-refractivity contribution in [3.8, 4) is 0 Å². The first kappa shape index (κ1) is 29.4. The van der Waals surface area contributed by atoms with Crippen molar-refractivity contribution >= 4 is 40.2 Å². The van der Waals surface area contributed by atoms with Crippen molar-refractivity contribution in [2.75, 3.05) is 6.61 Å². The van der Waals surface area contributed by atoms with Gasteiger partial charge in [-0.2, -0.15) is 0 Å². The first-order chi connectivity index (χ1) is 14.6. The molecule has 1 fully saturated rings. The minimum absolute atomic E-state index is 0.205. The van der Waals surface area contributed by atoms with Gasteiger partial charge in [0.2, 0.25) is 0 Å². The summed E-state index contributed by atoms with van der Waals surface area (Å²) in [6, 6.07) is 0.695. The molecule has 1 aliphatic rings. The SMILES string of the molecule is C=CCC(CC=C)(CC=C)COC(=O)CCC[Si]1(C)O[Si](C)(C)O[Si](C)(C)O[Si](C)(C)O1. The van der Waals surface area contributed by atoms with Crippen molar-refractivity contribution in [2.45, 2.75) is 84.0 Å². The number of hydrogen-bond donors (Lipinski definition) is 0. The predicted octanol–water partition coefficient (Wildman–Crippen LogP) is 6.28. The van der Waals surface area contributed by atoms with Gasteiger partial charge in [-0.15, -0.1) is 19.7 Å². The second-order valence-electron chi connectivity index (χ2n) is 10.2. The molecular formula is C22H44O6Si4. The van der Waals surface area contributed by atoms with Gasteiger partial charge in [-0.3, -0.25) is 4.79 Å². The maximum atomic E-state index is 12.5. The zero-order valence-electron chi connectivity index (χ0n) is 21.3. The predicted molar refractivity (Wildman–Crippen MR) is 140 cm³/mol. The molecule has 0 unspecified atom stereocenters. The lowest BCUT2D eigenvalue weighted by molar-refractivity contribution is -0.147. The average molecular weight is 517 g/mol. The highest BCUT2D eigenvalue weighted by Crippen LogP contribution is 2.34. The van der Waals surface area contributed by atoms with Gasteiger partial charge in [-0.05, 0) is 77.6 Å². The molecule has 0 saturated carbocycles. The monoisotopic (exact) mass is 516 g/mol. The zero-order valence-corrected chi connectivity index (χ0v) is 25.3. The van der Waals surface area contributed by atoms with E-state index < -0.39 is 34.2 Å². The van der Waals surface area contributed by atoms with Crippen LogP contribution in [0.15, 0.2) is 38.0 Å². The molecule has 1 saturated heterocycles. The van der Waals surface area contributed by atoms with Crippen LogP contribution in [-0.4, -0.2) is 46.8 Å². The van der Waals surface area contributed by atoms with Gasteiger partial charge >= 0.3 is 40.2 Å². The Kier molecular flexibility index (Phi) is 10.8.